The normalized spacial score (nSPS) is 27.7. The molecule has 16 N–H and O–H groups in total. The van der Waals surface area contributed by atoms with E-state index >= 15 is 0 Å². The summed E-state index contributed by atoms with van der Waals surface area (Å²) in [4.78, 5) is 111. The molecule has 0 aliphatic carbocycles. The lowest BCUT2D eigenvalue weighted by molar-refractivity contribution is -0.340. The number of hydrogen-bond donors (Lipinski definition) is 16. The summed E-state index contributed by atoms with van der Waals surface area (Å²) < 4.78 is 77.5. The fourth-order valence-electron chi connectivity index (χ4n) is 12.1. The van der Waals surface area contributed by atoms with Gasteiger partial charge in [0, 0.05) is 6.42 Å². The van der Waals surface area contributed by atoms with E-state index < -0.39 is 213 Å². The molecule has 3 fully saturated rings. The molecule has 3 aliphatic heterocycles. The molecule has 0 unspecified atom stereocenters. The molecule has 0 radical (unpaired) electrons. The van der Waals surface area contributed by atoms with Crippen LogP contribution in [0.1, 0.15) is 240 Å². The van der Waals surface area contributed by atoms with Crippen molar-refractivity contribution in [1.29, 1.82) is 0 Å². The highest BCUT2D eigenvalue weighted by atomic mass is 31.2. The van der Waals surface area contributed by atoms with Crippen molar-refractivity contribution in [1.82, 2.24) is 10.6 Å². The Morgan fingerprint density at radius 2 is 0.888 bits per heavy atom. The highest BCUT2D eigenvalue weighted by molar-refractivity contribution is 7.46. The Balaban J connectivity index is 2.25. The number of rotatable bonds is 53. The van der Waals surface area contributed by atoms with E-state index in [1.807, 2.05) is 13.8 Å². The molecule has 34 heteroatoms. The second-order valence-electron chi connectivity index (χ2n) is 26.3. The molecule has 0 aromatic heterocycles. The van der Waals surface area contributed by atoms with Crippen molar-refractivity contribution in [3.05, 3.63) is 0 Å². The van der Waals surface area contributed by atoms with Crippen molar-refractivity contribution >= 4 is 45.4 Å². The van der Waals surface area contributed by atoms with Crippen LogP contribution in [0, 0.1) is 0 Å². The SMILES string of the molecule is CCCCCCCCC[C@@H](O)CC(=O)N[C@H]1[C@H](OC[C@H]2O[C@H](OP(=O)(O)O)[C@H](NC(=O)C[C@H](O)CCCCCCCCC)[C@@H](OC(=O)C[C@H](O)CCCCCCC)[C@@H]2O)O[C@H](CO[C@]2(C(=O)O)C[C@@H](O)[C@@H](O)[C@@H]([C@H](O)CO)O2)[C@@H](OP(=O)(O)O)[C@@H]1OC(=O)C[C@H](O)CCCCCCC. The number of unbranched alkanes of at least 4 members (excludes halogenated alkanes) is 20. The molecule has 3 saturated heterocycles. The first-order valence-corrected chi connectivity index (χ1v) is 38.5. The molecule has 0 aromatic rings. The Morgan fingerprint density at radius 3 is 1.30 bits per heavy atom. The number of aliphatic hydroxyl groups is 9. The number of carboxylic acids is 1. The van der Waals surface area contributed by atoms with E-state index in [9.17, 15) is 104 Å². The second-order valence-corrected chi connectivity index (χ2v) is 28.7. The third kappa shape index (κ3) is 34.1. The summed E-state index contributed by atoms with van der Waals surface area (Å²) in [7, 11) is -11.6. The summed E-state index contributed by atoms with van der Waals surface area (Å²) in [6, 6.07) is -4.12. The number of amides is 2. The minimum Gasteiger partial charge on any atom is -0.477 e. The lowest BCUT2D eigenvalue weighted by Gasteiger charge is -2.48. The van der Waals surface area contributed by atoms with Gasteiger partial charge in [-0.1, -0.05) is 182 Å². The maximum atomic E-state index is 14.3. The van der Waals surface area contributed by atoms with Crippen molar-refractivity contribution in [3.63, 3.8) is 0 Å². The van der Waals surface area contributed by atoms with Gasteiger partial charge in [-0.2, -0.15) is 0 Å². The van der Waals surface area contributed by atoms with Crippen molar-refractivity contribution < 1.29 is 146 Å². The molecule has 0 aromatic carbocycles. The molecular formula is C64H118N2O30P2. The van der Waals surface area contributed by atoms with Gasteiger partial charge in [0.05, 0.1) is 76.0 Å². The summed E-state index contributed by atoms with van der Waals surface area (Å²) in [5.74, 6) is -9.69. The first-order valence-electron chi connectivity index (χ1n) is 35.4. The van der Waals surface area contributed by atoms with Crippen LogP contribution in [0.15, 0.2) is 0 Å². The second kappa shape index (κ2) is 47.4. The highest BCUT2D eigenvalue weighted by Gasteiger charge is 2.58. The molecule has 2 amide bonds. The van der Waals surface area contributed by atoms with Crippen molar-refractivity contribution in [2.75, 3.05) is 19.8 Å². The number of ether oxygens (including phenoxy) is 7. The van der Waals surface area contributed by atoms with Crippen LogP contribution in [0.2, 0.25) is 0 Å². The number of carbonyl (C=O) groups excluding carboxylic acids is 4. The summed E-state index contributed by atoms with van der Waals surface area (Å²) in [5.41, 5.74) is 0. The molecule has 3 aliphatic rings. The average molecular weight is 1460 g/mol. The molecule has 32 nitrogen and oxygen atoms in total. The molecule has 0 saturated carbocycles. The van der Waals surface area contributed by atoms with Crippen LogP contribution < -0.4 is 10.6 Å². The number of phosphoric ester groups is 2. The maximum absolute atomic E-state index is 14.3. The predicted molar refractivity (Wildman–Crippen MR) is 348 cm³/mol. The number of carbonyl (C=O) groups is 5. The smallest absolute Gasteiger partial charge is 0.472 e. The zero-order valence-corrected chi connectivity index (χ0v) is 59.3. The topological polar surface area (TPSA) is 510 Å². The zero-order chi connectivity index (χ0) is 73.0. The minimum absolute atomic E-state index is 0.0655. The Morgan fingerprint density at radius 1 is 0.500 bits per heavy atom. The molecule has 19 atom stereocenters. The van der Waals surface area contributed by atoms with Crippen molar-refractivity contribution in [2.24, 2.45) is 0 Å². The van der Waals surface area contributed by atoms with E-state index in [0.29, 0.717) is 38.5 Å². The fraction of sp³-hybridized carbons (Fsp3) is 0.922. The Labute approximate surface area is 575 Å². The Kier molecular flexibility index (Phi) is 43.1. The van der Waals surface area contributed by atoms with Gasteiger partial charge in [-0.25, -0.2) is 13.9 Å². The van der Waals surface area contributed by atoms with Gasteiger partial charge in [-0.15, -0.1) is 0 Å². The first-order chi connectivity index (χ1) is 46.4. The van der Waals surface area contributed by atoms with Gasteiger partial charge in [0.1, 0.15) is 54.8 Å². The van der Waals surface area contributed by atoms with E-state index in [1.54, 1.807) is 0 Å². The van der Waals surface area contributed by atoms with Gasteiger partial charge in [0.25, 0.3) is 5.79 Å². The predicted octanol–water partition coefficient (Wildman–Crippen LogP) is 3.86. The van der Waals surface area contributed by atoms with E-state index in [1.165, 1.54) is 0 Å². The summed E-state index contributed by atoms with van der Waals surface area (Å²) in [5, 5.41) is 114. The van der Waals surface area contributed by atoms with Gasteiger partial charge >= 0.3 is 33.6 Å². The van der Waals surface area contributed by atoms with Gasteiger partial charge in [-0.05, 0) is 25.7 Å². The molecule has 3 heterocycles. The standard InChI is InChI=1S/C64H118N2O30P2/c1-5-9-13-17-19-23-27-29-41(68)33-49(74)65-53-59(92-51(76)35-43(70)31-25-21-15-11-7-3)56(79)47(90-62(53)96-98(85,86)87)39-88-61-54(66-50(75)34-42(69)30-28-24-20-18-14-10-6-2)60(93-52(77)36-44(71)32-26-22-16-12-8-4)58(95-97(82,83)84)48(91-61)40-89-64(63(80)81)37-45(72)55(78)57(94-64)46(73)38-67/h41-48,53-62,67-73,78-79H,5-40H2,1-4H3,(H,65,74)(H,66,75)(H,80,81)(H2,82,83,84)(H2,85,86,87)/t41-,42-,43-,44-,45-,46-,47-,48-,53-,54-,55-,56-,57-,58-,59-,60-,61-,62-,64-/m1/s1. The number of esters is 2. The van der Waals surface area contributed by atoms with Crippen LogP contribution in [0.25, 0.3) is 0 Å². The quantitative estimate of drug-likeness (QED) is 0.0233. The highest BCUT2D eigenvalue weighted by Crippen LogP contribution is 2.45. The molecule has 0 bridgehead atoms. The van der Waals surface area contributed by atoms with Crippen LogP contribution in [0.3, 0.4) is 0 Å². The van der Waals surface area contributed by atoms with Crippen LogP contribution in [-0.4, -0.2) is 236 Å². The monoisotopic (exact) mass is 1460 g/mol. The van der Waals surface area contributed by atoms with Crippen LogP contribution >= 0.6 is 15.6 Å². The van der Waals surface area contributed by atoms with Crippen LogP contribution in [0.4, 0.5) is 0 Å². The van der Waals surface area contributed by atoms with Crippen molar-refractivity contribution in [2.45, 2.75) is 355 Å². The molecule has 0 spiro atoms. The summed E-state index contributed by atoms with van der Waals surface area (Å²) in [6.45, 7) is 4.53. The van der Waals surface area contributed by atoms with E-state index in [-0.39, 0.29) is 25.7 Å². The van der Waals surface area contributed by atoms with E-state index in [2.05, 4.69) is 24.5 Å². The number of hydrogen-bond acceptors (Lipinski definition) is 25. The number of nitrogens with one attached hydrogen (secondary N) is 2. The van der Waals surface area contributed by atoms with Gasteiger partial charge in [-0.3, -0.25) is 28.2 Å². The number of aliphatic hydroxyl groups excluding tert-OH is 9. The van der Waals surface area contributed by atoms with Gasteiger partial charge < -0.3 is 114 Å². The average Bonchev–Trinajstić information content (AvgIpc) is 0.778. The lowest BCUT2D eigenvalue weighted by atomic mass is 9.92. The minimum atomic E-state index is -5.90. The molecule has 574 valence electrons. The Hall–Kier alpha value is -2.99. The largest absolute Gasteiger partial charge is 0.477 e. The fourth-order valence-corrected chi connectivity index (χ4v) is 13.2. The van der Waals surface area contributed by atoms with Crippen LogP contribution in [-0.2, 0) is 75.3 Å². The lowest BCUT2D eigenvalue weighted by Crippen LogP contribution is -2.68. The number of aliphatic carboxylic acids is 1. The van der Waals surface area contributed by atoms with Crippen LogP contribution in [0.5, 0.6) is 0 Å². The van der Waals surface area contributed by atoms with Gasteiger partial charge in [0.15, 0.2) is 24.8 Å². The van der Waals surface area contributed by atoms with Crippen molar-refractivity contribution in [3.8, 4) is 0 Å². The van der Waals surface area contributed by atoms with Gasteiger partial charge in [0.2, 0.25) is 11.8 Å². The third-order valence-electron chi connectivity index (χ3n) is 17.6. The molecular weight excluding hydrogens is 1340 g/mol. The summed E-state index contributed by atoms with van der Waals surface area (Å²) >= 11 is 0. The van der Waals surface area contributed by atoms with E-state index in [4.69, 9.17) is 42.2 Å². The van der Waals surface area contributed by atoms with E-state index in [0.717, 1.165) is 116 Å². The maximum Gasteiger partial charge on any atom is 0.472 e. The zero-order valence-electron chi connectivity index (χ0n) is 57.5. The number of carboxylic acid groups (broad SMARTS) is 1. The molecule has 3 rings (SSSR count). The third-order valence-corrected chi connectivity index (χ3v) is 18.6. The molecule has 98 heavy (non-hydrogen) atoms. The first kappa shape index (κ1) is 89.2. The summed E-state index contributed by atoms with van der Waals surface area (Å²) in [6.07, 6.45) is -15.0. The Bertz CT molecular complexity index is 2360. The number of phosphoric acid groups is 2.